The van der Waals surface area contributed by atoms with Gasteiger partial charge in [-0.15, -0.1) is 0 Å². The standard InChI is InChI=1S/C10H18N2/c1-5-10-11-9(4)7-12(10)6-8(2)3/h7-8H,5-6H2,1-4H3/p+1. The van der Waals surface area contributed by atoms with Crippen LogP contribution in [0.2, 0.25) is 0 Å². The van der Waals surface area contributed by atoms with Gasteiger partial charge in [0.1, 0.15) is 11.9 Å². The predicted octanol–water partition coefficient (Wildman–Crippen LogP) is 1.83. The van der Waals surface area contributed by atoms with Crippen molar-refractivity contribution in [1.29, 1.82) is 0 Å². The third kappa shape index (κ3) is 2.10. The minimum absolute atomic E-state index is 0.718. The first-order valence-electron chi connectivity index (χ1n) is 4.71. The average Bonchev–Trinajstić information content (AvgIpc) is 2.29. The monoisotopic (exact) mass is 167 g/mol. The summed E-state index contributed by atoms with van der Waals surface area (Å²) in [5.74, 6) is 2.05. The van der Waals surface area contributed by atoms with E-state index >= 15 is 0 Å². The summed E-state index contributed by atoms with van der Waals surface area (Å²) in [4.78, 5) is 3.36. The third-order valence-electron chi connectivity index (χ3n) is 1.93. The van der Waals surface area contributed by atoms with E-state index < -0.39 is 0 Å². The van der Waals surface area contributed by atoms with Gasteiger partial charge in [-0.1, -0.05) is 20.8 Å². The number of hydrogen-bond donors (Lipinski definition) is 1. The highest BCUT2D eigenvalue weighted by Gasteiger charge is 2.11. The van der Waals surface area contributed by atoms with Crippen LogP contribution < -0.4 is 4.57 Å². The molecule has 1 aromatic rings. The zero-order valence-electron chi connectivity index (χ0n) is 8.52. The number of aromatic amines is 1. The Morgan fingerprint density at radius 2 is 2.17 bits per heavy atom. The highest BCUT2D eigenvalue weighted by Crippen LogP contribution is 1.97. The molecule has 0 aliphatic carbocycles. The van der Waals surface area contributed by atoms with Crippen molar-refractivity contribution in [2.75, 3.05) is 0 Å². The van der Waals surface area contributed by atoms with Gasteiger partial charge in [-0.3, -0.25) is 0 Å². The van der Waals surface area contributed by atoms with Crippen LogP contribution in [-0.4, -0.2) is 4.98 Å². The van der Waals surface area contributed by atoms with Crippen LogP contribution >= 0.6 is 0 Å². The lowest BCUT2D eigenvalue weighted by molar-refractivity contribution is -0.708. The molecule has 1 aromatic heterocycles. The van der Waals surface area contributed by atoms with Gasteiger partial charge in [-0.05, 0) is 5.92 Å². The molecule has 0 atom stereocenters. The van der Waals surface area contributed by atoms with Crippen molar-refractivity contribution in [3.8, 4) is 0 Å². The van der Waals surface area contributed by atoms with Crippen molar-refractivity contribution in [2.24, 2.45) is 5.92 Å². The molecule has 0 aromatic carbocycles. The predicted molar refractivity (Wildman–Crippen MR) is 49.9 cm³/mol. The van der Waals surface area contributed by atoms with Crippen LogP contribution in [-0.2, 0) is 13.0 Å². The van der Waals surface area contributed by atoms with Crippen molar-refractivity contribution in [2.45, 2.75) is 40.7 Å². The minimum Gasteiger partial charge on any atom is -0.245 e. The summed E-state index contributed by atoms with van der Waals surface area (Å²) >= 11 is 0. The summed E-state index contributed by atoms with van der Waals surface area (Å²) in [7, 11) is 0. The second-order valence-corrected chi connectivity index (χ2v) is 3.78. The zero-order valence-corrected chi connectivity index (χ0v) is 8.52. The van der Waals surface area contributed by atoms with Crippen LogP contribution in [0, 0.1) is 12.8 Å². The van der Waals surface area contributed by atoms with E-state index in [4.69, 9.17) is 0 Å². The Labute approximate surface area is 74.6 Å². The third-order valence-corrected chi connectivity index (χ3v) is 1.93. The van der Waals surface area contributed by atoms with Gasteiger partial charge in [0.05, 0.1) is 6.54 Å². The molecule has 1 N–H and O–H groups in total. The van der Waals surface area contributed by atoms with Gasteiger partial charge in [-0.25, -0.2) is 9.55 Å². The van der Waals surface area contributed by atoms with Gasteiger partial charge >= 0.3 is 0 Å². The van der Waals surface area contributed by atoms with Crippen molar-refractivity contribution in [3.05, 3.63) is 17.7 Å². The Bertz CT molecular complexity index is 248. The number of hydrogen-bond acceptors (Lipinski definition) is 0. The lowest BCUT2D eigenvalue weighted by Gasteiger charge is -2.01. The molecule has 68 valence electrons. The first-order chi connectivity index (χ1) is 5.63. The van der Waals surface area contributed by atoms with Crippen LogP contribution in [0.3, 0.4) is 0 Å². The highest BCUT2D eigenvalue weighted by molar-refractivity contribution is 4.90. The average molecular weight is 167 g/mol. The lowest BCUT2D eigenvalue weighted by atomic mass is 10.2. The Hall–Kier alpha value is -0.790. The number of rotatable bonds is 3. The van der Waals surface area contributed by atoms with Gasteiger partial charge in [0, 0.05) is 13.3 Å². The summed E-state index contributed by atoms with van der Waals surface area (Å²) < 4.78 is 2.32. The summed E-state index contributed by atoms with van der Waals surface area (Å²) in [5.41, 5.74) is 1.26. The molecule has 1 rings (SSSR count). The molecule has 0 spiro atoms. The summed E-state index contributed by atoms with van der Waals surface area (Å²) in [5, 5.41) is 0. The van der Waals surface area contributed by atoms with Gasteiger partial charge in [0.15, 0.2) is 0 Å². The Kier molecular flexibility index (Phi) is 2.90. The molecule has 0 fully saturated rings. The molecule has 0 bridgehead atoms. The molecule has 0 radical (unpaired) electrons. The first kappa shape index (κ1) is 9.30. The first-order valence-corrected chi connectivity index (χ1v) is 4.71. The van der Waals surface area contributed by atoms with Crippen molar-refractivity contribution in [1.82, 2.24) is 4.98 Å². The zero-order chi connectivity index (χ0) is 9.14. The second-order valence-electron chi connectivity index (χ2n) is 3.78. The SMILES string of the molecule is CCc1[nH]c(C)c[n+]1CC(C)C. The molecular formula is C10H19N2+. The summed E-state index contributed by atoms with van der Waals surface area (Å²) in [6.07, 6.45) is 3.28. The van der Waals surface area contributed by atoms with Crippen molar-refractivity contribution >= 4 is 0 Å². The second kappa shape index (κ2) is 3.74. The van der Waals surface area contributed by atoms with E-state index in [9.17, 15) is 0 Å². The molecule has 0 aliphatic heterocycles. The molecule has 0 unspecified atom stereocenters. The van der Waals surface area contributed by atoms with Crippen molar-refractivity contribution < 1.29 is 4.57 Å². The molecular weight excluding hydrogens is 148 g/mol. The van der Waals surface area contributed by atoms with Crippen LogP contribution in [0.5, 0.6) is 0 Å². The van der Waals surface area contributed by atoms with E-state index in [2.05, 4.69) is 43.4 Å². The van der Waals surface area contributed by atoms with Crippen LogP contribution in [0.4, 0.5) is 0 Å². The van der Waals surface area contributed by atoms with E-state index in [1.165, 1.54) is 11.5 Å². The number of nitrogens with one attached hydrogen (secondary N) is 1. The normalized spacial score (nSPS) is 11.1. The fourth-order valence-electron chi connectivity index (χ4n) is 1.49. The van der Waals surface area contributed by atoms with E-state index in [-0.39, 0.29) is 0 Å². The van der Waals surface area contributed by atoms with Crippen LogP contribution in [0.15, 0.2) is 6.20 Å². The fraction of sp³-hybridized carbons (Fsp3) is 0.700. The minimum atomic E-state index is 0.718. The van der Waals surface area contributed by atoms with Crippen LogP contribution in [0.1, 0.15) is 32.3 Å². The number of H-pyrrole nitrogens is 1. The number of aromatic nitrogens is 2. The van der Waals surface area contributed by atoms with Crippen LogP contribution in [0.25, 0.3) is 0 Å². The number of imidazole rings is 1. The van der Waals surface area contributed by atoms with E-state index in [0.717, 1.165) is 18.9 Å². The molecule has 0 aliphatic rings. The fourth-order valence-corrected chi connectivity index (χ4v) is 1.49. The maximum atomic E-state index is 3.36. The summed E-state index contributed by atoms with van der Waals surface area (Å²) in [6.45, 7) is 9.90. The van der Waals surface area contributed by atoms with Gasteiger partial charge in [-0.2, -0.15) is 0 Å². The van der Waals surface area contributed by atoms with Gasteiger partial charge in [0.25, 0.3) is 5.82 Å². The smallest absolute Gasteiger partial charge is 0.245 e. The summed E-state index contributed by atoms with van der Waals surface area (Å²) in [6, 6.07) is 0. The molecule has 0 amide bonds. The molecule has 2 nitrogen and oxygen atoms in total. The molecule has 12 heavy (non-hydrogen) atoms. The maximum absolute atomic E-state index is 3.36. The van der Waals surface area contributed by atoms with E-state index in [1.54, 1.807) is 0 Å². The Balaban J connectivity index is 2.81. The molecule has 0 saturated carbocycles. The maximum Gasteiger partial charge on any atom is 0.254 e. The highest BCUT2D eigenvalue weighted by atomic mass is 15.1. The largest absolute Gasteiger partial charge is 0.254 e. The quantitative estimate of drug-likeness (QED) is 0.663. The molecule has 1 heterocycles. The van der Waals surface area contributed by atoms with Gasteiger partial charge in [0.2, 0.25) is 0 Å². The number of nitrogens with zero attached hydrogens (tertiary/aromatic N) is 1. The number of aryl methyl sites for hydroxylation is 2. The molecule has 0 saturated heterocycles. The Morgan fingerprint density at radius 3 is 2.67 bits per heavy atom. The van der Waals surface area contributed by atoms with Crippen molar-refractivity contribution in [3.63, 3.8) is 0 Å². The molecule has 2 heteroatoms. The van der Waals surface area contributed by atoms with Gasteiger partial charge < -0.3 is 0 Å². The lowest BCUT2D eigenvalue weighted by Crippen LogP contribution is -2.38. The van der Waals surface area contributed by atoms with E-state index in [1.807, 2.05) is 0 Å². The van der Waals surface area contributed by atoms with E-state index in [0.29, 0.717) is 0 Å². The topological polar surface area (TPSA) is 19.7 Å². The Morgan fingerprint density at radius 1 is 1.50 bits per heavy atom.